The molecule has 0 bridgehead atoms. The highest BCUT2D eigenvalue weighted by atomic mass is 35.5. The first-order valence-electron chi connectivity index (χ1n) is 6.43. The fourth-order valence-corrected chi connectivity index (χ4v) is 3.09. The number of imidazole rings is 1. The number of fused-ring (bicyclic) bond motifs is 1. The third-order valence-corrected chi connectivity index (χ3v) is 4.53. The number of methoxy groups -OCH3 is 1. The van der Waals surface area contributed by atoms with Crippen molar-refractivity contribution in [3.05, 3.63) is 29.0 Å². The van der Waals surface area contributed by atoms with Crippen LogP contribution < -0.4 is 0 Å². The minimum atomic E-state index is -0.0475. The summed E-state index contributed by atoms with van der Waals surface area (Å²) < 4.78 is 7.87. The standard InChI is InChI=1S/C14H16Cl2N2O/c1-19-14(5-2-6-14)9-18-12-4-3-10(16)7-11(12)17-13(18)8-15/h3-4,7H,2,5-6,8-9H2,1H3. The predicted octanol–water partition coefficient (Wildman–Crippen LogP) is 4.00. The zero-order valence-corrected chi connectivity index (χ0v) is 12.3. The van der Waals surface area contributed by atoms with Gasteiger partial charge in [0, 0.05) is 12.1 Å². The Morgan fingerprint density at radius 3 is 2.79 bits per heavy atom. The minimum Gasteiger partial charge on any atom is -0.376 e. The Labute approximate surface area is 122 Å². The van der Waals surface area contributed by atoms with Gasteiger partial charge >= 0.3 is 0 Å². The van der Waals surface area contributed by atoms with Crippen molar-refractivity contribution in [3.63, 3.8) is 0 Å². The Morgan fingerprint density at radius 2 is 2.21 bits per heavy atom. The van der Waals surface area contributed by atoms with E-state index in [-0.39, 0.29) is 5.60 Å². The van der Waals surface area contributed by atoms with E-state index in [0.717, 1.165) is 36.2 Å². The van der Waals surface area contributed by atoms with Crippen LogP contribution in [-0.4, -0.2) is 22.3 Å². The smallest absolute Gasteiger partial charge is 0.124 e. The summed E-state index contributed by atoms with van der Waals surface area (Å²) in [5.74, 6) is 1.27. The third kappa shape index (κ3) is 2.24. The van der Waals surface area contributed by atoms with Gasteiger partial charge in [-0.25, -0.2) is 4.98 Å². The van der Waals surface area contributed by atoms with Crippen LogP contribution in [0, 0.1) is 0 Å². The molecular formula is C14H16Cl2N2O. The second-order valence-electron chi connectivity index (χ2n) is 5.12. The molecule has 0 atom stereocenters. The lowest BCUT2D eigenvalue weighted by Crippen LogP contribution is -2.43. The molecule has 0 spiro atoms. The lowest BCUT2D eigenvalue weighted by molar-refractivity contribution is -0.0831. The van der Waals surface area contributed by atoms with Gasteiger partial charge in [0.05, 0.1) is 29.1 Å². The van der Waals surface area contributed by atoms with Crippen LogP contribution in [0.15, 0.2) is 18.2 Å². The molecule has 0 N–H and O–H groups in total. The maximum absolute atomic E-state index is 6.02. The summed E-state index contributed by atoms with van der Waals surface area (Å²) in [5, 5.41) is 0.698. The van der Waals surface area contributed by atoms with E-state index in [0.29, 0.717) is 10.9 Å². The summed E-state index contributed by atoms with van der Waals surface area (Å²) in [6.07, 6.45) is 3.42. The Hall–Kier alpha value is -0.770. The van der Waals surface area contributed by atoms with Gasteiger partial charge in [0.1, 0.15) is 5.82 Å². The van der Waals surface area contributed by atoms with Gasteiger partial charge in [-0.2, -0.15) is 0 Å². The molecule has 5 heteroatoms. The van der Waals surface area contributed by atoms with Crippen molar-refractivity contribution in [1.82, 2.24) is 9.55 Å². The van der Waals surface area contributed by atoms with E-state index in [4.69, 9.17) is 27.9 Å². The number of rotatable bonds is 4. The predicted molar refractivity (Wildman–Crippen MR) is 77.9 cm³/mol. The number of aromatic nitrogens is 2. The average molecular weight is 299 g/mol. The van der Waals surface area contributed by atoms with Gasteiger partial charge < -0.3 is 9.30 Å². The summed E-state index contributed by atoms with van der Waals surface area (Å²) in [6.45, 7) is 0.809. The van der Waals surface area contributed by atoms with Crippen molar-refractivity contribution >= 4 is 34.2 Å². The highest BCUT2D eigenvalue weighted by molar-refractivity contribution is 6.31. The van der Waals surface area contributed by atoms with Crippen molar-refractivity contribution in [1.29, 1.82) is 0 Å². The molecule has 0 amide bonds. The van der Waals surface area contributed by atoms with Crippen LogP contribution in [0.1, 0.15) is 25.1 Å². The topological polar surface area (TPSA) is 27.1 Å². The first-order chi connectivity index (χ1) is 9.17. The highest BCUT2D eigenvalue weighted by Crippen LogP contribution is 2.37. The van der Waals surface area contributed by atoms with E-state index >= 15 is 0 Å². The molecule has 2 aromatic rings. The number of halogens is 2. The minimum absolute atomic E-state index is 0.0475. The van der Waals surface area contributed by atoms with Gasteiger partial charge in [-0.1, -0.05) is 11.6 Å². The fourth-order valence-electron chi connectivity index (χ4n) is 2.72. The zero-order chi connectivity index (χ0) is 13.5. The van der Waals surface area contributed by atoms with Crippen LogP contribution in [0.2, 0.25) is 5.02 Å². The fraction of sp³-hybridized carbons (Fsp3) is 0.500. The van der Waals surface area contributed by atoms with E-state index in [2.05, 4.69) is 9.55 Å². The normalized spacial score (nSPS) is 17.6. The van der Waals surface area contributed by atoms with Crippen LogP contribution >= 0.6 is 23.2 Å². The highest BCUT2D eigenvalue weighted by Gasteiger charge is 2.38. The Bertz CT molecular complexity index is 599. The van der Waals surface area contributed by atoms with E-state index < -0.39 is 0 Å². The molecule has 1 aromatic carbocycles. The Morgan fingerprint density at radius 1 is 1.42 bits per heavy atom. The Kier molecular flexibility index (Phi) is 3.46. The molecule has 102 valence electrons. The molecule has 0 saturated heterocycles. The Balaban J connectivity index is 2.05. The summed E-state index contributed by atoms with van der Waals surface area (Å²) in [4.78, 5) is 4.56. The maximum atomic E-state index is 6.02. The number of benzene rings is 1. The first kappa shape index (κ1) is 13.2. The number of hydrogen-bond acceptors (Lipinski definition) is 2. The molecule has 1 fully saturated rings. The molecule has 1 aliphatic carbocycles. The second kappa shape index (κ2) is 4.97. The zero-order valence-electron chi connectivity index (χ0n) is 10.8. The third-order valence-electron chi connectivity index (χ3n) is 4.05. The van der Waals surface area contributed by atoms with Crippen molar-refractivity contribution in [2.24, 2.45) is 0 Å². The van der Waals surface area contributed by atoms with Crippen LogP contribution in [0.5, 0.6) is 0 Å². The molecule has 0 radical (unpaired) electrons. The van der Waals surface area contributed by atoms with E-state index in [9.17, 15) is 0 Å². The molecular weight excluding hydrogens is 283 g/mol. The lowest BCUT2D eigenvalue weighted by Gasteiger charge is -2.41. The van der Waals surface area contributed by atoms with Crippen LogP contribution in [0.4, 0.5) is 0 Å². The molecule has 1 heterocycles. The molecule has 19 heavy (non-hydrogen) atoms. The monoisotopic (exact) mass is 298 g/mol. The van der Waals surface area contributed by atoms with Crippen molar-refractivity contribution in [2.75, 3.05) is 7.11 Å². The maximum Gasteiger partial charge on any atom is 0.124 e. The van der Waals surface area contributed by atoms with Gasteiger partial charge in [0.15, 0.2) is 0 Å². The second-order valence-corrected chi connectivity index (χ2v) is 5.83. The SMILES string of the molecule is COC1(Cn2c(CCl)nc3cc(Cl)ccc32)CCC1. The summed E-state index contributed by atoms with van der Waals surface area (Å²) in [6, 6.07) is 5.77. The van der Waals surface area contributed by atoms with Gasteiger partial charge in [-0.15, -0.1) is 11.6 Å². The van der Waals surface area contributed by atoms with Crippen LogP contribution in [0.3, 0.4) is 0 Å². The van der Waals surface area contributed by atoms with E-state index in [1.54, 1.807) is 7.11 Å². The lowest BCUT2D eigenvalue weighted by atomic mass is 9.80. The number of alkyl halides is 1. The van der Waals surface area contributed by atoms with Gasteiger partial charge in [0.25, 0.3) is 0 Å². The van der Waals surface area contributed by atoms with Crippen molar-refractivity contribution in [3.8, 4) is 0 Å². The molecule has 3 rings (SSSR count). The average Bonchev–Trinajstić information content (AvgIpc) is 2.70. The molecule has 1 aliphatic rings. The molecule has 3 nitrogen and oxygen atoms in total. The molecule has 0 aliphatic heterocycles. The van der Waals surface area contributed by atoms with Gasteiger partial charge in [-0.05, 0) is 37.5 Å². The van der Waals surface area contributed by atoms with Crippen LogP contribution in [-0.2, 0) is 17.2 Å². The number of hydrogen-bond donors (Lipinski definition) is 0. The largest absolute Gasteiger partial charge is 0.376 e. The first-order valence-corrected chi connectivity index (χ1v) is 7.34. The summed E-state index contributed by atoms with van der Waals surface area (Å²) in [5.41, 5.74) is 1.92. The van der Waals surface area contributed by atoms with Crippen molar-refractivity contribution in [2.45, 2.75) is 37.3 Å². The molecule has 0 unspecified atom stereocenters. The van der Waals surface area contributed by atoms with E-state index in [1.165, 1.54) is 6.42 Å². The van der Waals surface area contributed by atoms with E-state index in [1.807, 2.05) is 18.2 Å². The molecule has 1 aromatic heterocycles. The summed E-state index contributed by atoms with van der Waals surface area (Å²) in [7, 11) is 1.79. The van der Waals surface area contributed by atoms with Gasteiger partial charge in [0.2, 0.25) is 0 Å². The quantitative estimate of drug-likeness (QED) is 0.798. The number of nitrogens with zero attached hydrogens (tertiary/aromatic N) is 2. The number of ether oxygens (including phenoxy) is 1. The van der Waals surface area contributed by atoms with Gasteiger partial charge in [-0.3, -0.25) is 0 Å². The van der Waals surface area contributed by atoms with Crippen LogP contribution in [0.25, 0.3) is 11.0 Å². The molecule has 1 saturated carbocycles. The van der Waals surface area contributed by atoms with Crippen molar-refractivity contribution < 1.29 is 4.74 Å². The summed E-state index contributed by atoms with van der Waals surface area (Å²) >= 11 is 12.0.